The van der Waals surface area contributed by atoms with Crippen LogP contribution in [0.2, 0.25) is 0 Å². The minimum Gasteiger partial charge on any atom is -0.497 e. The zero-order chi connectivity index (χ0) is 12.5. The number of aliphatic hydroxyl groups is 1. The number of hydrogen-bond donors (Lipinski definition) is 1. The van der Waals surface area contributed by atoms with Gasteiger partial charge in [0.15, 0.2) is 0 Å². The summed E-state index contributed by atoms with van der Waals surface area (Å²) in [4.78, 5) is 4.85. The average Bonchev–Trinajstić information content (AvgIpc) is 2.47. The van der Waals surface area contributed by atoms with E-state index in [4.69, 9.17) is 4.74 Å². The van der Waals surface area contributed by atoms with Gasteiger partial charge in [0, 0.05) is 32.7 Å². The monoisotopic (exact) mass is 248 g/mol. The molecule has 0 spiro atoms. The molecule has 4 heteroatoms. The van der Waals surface area contributed by atoms with Crippen LogP contribution < -0.4 is 4.74 Å². The van der Waals surface area contributed by atoms with Gasteiger partial charge in [0.1, 0.15) is 5.75 Å². The van der Waals surface area contributed by atoms with E-state index in [0.29, 0.717) is 0 Å². The molecule has 1 N–H and O–H groups in total. The number of aliphatic hydroxyl groups excluding tert-OH is 1. The van der Waals surface area contributed by atoms with Crippen molar-refractivity contribution in [1.29, 1.82) is 0 Å². The smallest absolute Gasteiger partial charge is 0.119 e. The molecule has 98 valence electrons. The van der Waals surface area contributed by atoms with Gasteiger partial charge in [-0.15, -0.1) is 0 Å². The van der Waals surface area contributed by atoms with Crippen LogP contribution in [0.1, 0.15) is 11.7 Å². The van der Waals surface area contributed by atoms with E-state index in [1.807, 2.05) is 24.3 Å². The van der Waals surface area contributed by atoms with Crippen LogP contribution in [0, 0.1) is 0 Å². The molecule has 4 nitrogen and oxygen atoms in total. The van der Waals surface area contributed by atoms with Gasteiger partial charge in [-0.05, 0) is 17.7 Å². The summed E-state index contributed by atoms with van der Waals surface area (Å²) in [5.41, 5.74) is 0.952. The summed E-state index contributed by atoms with van der Waals surface area (Å²) < 4.78 is 5.22. The van der Waals surface area contributed by atoms with Crippen LogP contribution in [-0.4, -0.2) is 60.8 Å². The Bertz CT molecular complexity index is 416. The molecule has 3 heterocycles. The Hall–Kier alpha value is -1.10. The molecule has 1 aromatic carbocycles. The lowest BCUT2D eigenvalue weighted by atomic mass is 9.96. The molecule has 3 fully saturated rings. The molecule has 0 radical (unpaired) electrons. The lowest BCUT2D eigenvalue weighted by Gasteiger charge is -2.49. The van der Waals surface area contributed by atoms with Gasteiger partial charge in [-0.25, -0.2) is 0 Å². The highest BCUT2D eigenvalue weighted by atomic mass is 16.5. The maximum atomic E-state index is 10.6. The quantitative estimate of drug-likeness (QED) is 0.855. The number of rotatable bonds is 3. The van der Waals surface area contributed by atoms with E-state index in [9.17, 15) is 5.11 Å². The van der Waals surface area contributed by atoms with Gasteiger partial charge in [-0.2, -0.15) is 0 Å². The summed E-state index contributed by atoms with van der Waals surface area (Å²) in [6.45, 7) is 5.40. The molecular formula is C14H20N2O2. The maximum Gasteiger partial charge on any atom is 0.119 e. The van der Waals surface area contributed by atoms with E-state index in [0.717, 1.165) is 44.0 Å². The van der Waals surface area contributed by atoms with Crippen LogP contribution in [0.5, 0.6) is 5.75 Å². The molecule has 0 amide bonds. The first-order chi connectivity index (χ1) is 8.78. The highest BCUT2D eigenvalue weighted by Gasteiger charge is 2.36. The van der Waals surface area contributed by atoms with Crippen molar-refractivity contribution in [2.75, 3.05) is 39.8 Å². The zero-order valence-corrected chi connectivity index (χ0v) is 10.7. The Morgan fingerprint density at radius 3 is 2.67 bits per heavy atom. The lowest BCUT2D eigenvalue weighted by Crippen LogP contribution is -2.62. The van der Waals surface area contributed by atoms with Crippen molar-refractivity contribution >= 4 is 0 Å². The summed E-state index contributed by atoms with van der Waals surface area (Å²) >= 11 is 0. The maximum absolute atomic E-state index is 10.6. The van der Waals surface area contributed by atoms with Crippen molar-refractivity contribution in [2.45, 2.75) is 12.1 Å². The lowest BCUT2D eigenvalue weighted by molar-refractivity contribution is -0.0470. The predicted molar refractivity (Wildman–Crippen MR) is 69.8 cm³/mol. The minimum absolute atomic E-state index is 0.222. The molecule has 2 atom stereocenters. The van der Waals surface area contributed by atoms with Gasteiger partial charge in [-0.3, -0.25) is 9.80 Å². The second-order valence-corrected chi connectivity index (χ2v) is 5.13. The van der Waals surface area contributed by atoms with Crippen molar-refractivity contribution in [3.05, 3.63) is 29.8 Å². The third kappa shape index (κ3) is 2.11. The Morgan fingerprint density at radius 2 is 2.06 bits per heavy atom. The first-order valence-corrected chi connectivity index (χ1v) is 6.56. The van der Waals surface area contributed by atoms with Crippen molar-refractivity contribution in [3.8, 4) is 5.75 Å². The van der Waals surface area contributed by atoms with Crippen LogP contribution in [0.4, 0.5) is 0 Å². The normalized spacial score (nSPS) is 32.2. The topological polar surface area (TPSA) is 35.9 Å². The fourth-order valence-corrected chi connectivity index (χ4v) is 3.00. The van der Waals surface area contributed by atoms with Crippen LogP contribution in [0.3, 0.4) is 0 Å². The van der Waals surface area contributed by atoms with E-state index in [1.54, 1.807) is 7.11 Å². The van der Waals surface area contributed by atoms with Gasteiger partial charge in [0.25, 0.3) is 0 Å². The number of benzene rings is 1. The van der Waals surface area contributed by atoms with Gasteiger partial charge in [0.2, 0.25) is 0 Å². The van der Waals surface area contributed by atoms with Crippen molar-refractivity contribution in [2.24, 2.45) is 0 Å². The third-order valence-electron chi connectivity index (χ3n) is 4.12. The third-order valence-corrected chi connectivity index (χ3v) is 4.12. The summed E-state index contributed by atoms with van der Waals surface area (Å²) in [7, 11) is 1.66. The van der Waals surface area contributed by atoms with E-state index < -0.39 is 6.10 Å². The van der Waals surface area contributed by atoms with Crippen molar-refractivity contribution < 1.29 is 9.84 Å². The number of methoxy groups -OCH3 is 1. The van der Waals surface area contributed by atoms with Crippen LogP contribution in [0.25, 0.3) is 0 Å². The first kappa shape index (κ1) is 12.0. The molecule has 18 heavy (non-hydrogen) atoms. The minimum atomic E-state index is -0.428. The SMILES string of the molecule is COc1cccc(C(O)C2CN3CCN2CC3)c1. The molecule has 2 bridgehead atoms. The average molecular weight is 248 g/mol. The predicted octanol–water partition coefficient (Wildman–Crippen LogP) is 0.728. The molecule has 0 aliphatic carbocycles. The summed E-state index contributed by atoms with van der Waals surface area (Å²) in [5, 5.41) is 10.6. The number of ether oxygens (including phenoxy) is 1. The molecular weight excluding hydrogens is 228 g/mol. The van der Waals surface area contributed by atoms with E-state index >= 15 is 0 Å². The highest BCUT2D eigenvalue weighted by Crippen LogP contribution is 2.28. The van der Waals surface area contributed by atoms with Crippen LogP contribution >= 0.6 is 0 Å². The second-order valence-electron chi connectivity index (χ2n) is 5.13. The molecule has 3 aliphatic heterocycles. The number of piperazine rings is 3. The number of nitrogens with zero attached hydrogens (tertiary/aromatic N) is 2. The van der Waals surface area contributed by atoms with E-state index in [2.05, 4.69) is 9.80 Å². The van der Waals surface area contributed by atoms with E-state index in [1.165, 1.54) is 0 Å². The Labute approximate surface area is 108 Å². The molecule has 2 unspecified atom stereocenters. The Morgan fingerprint density at radius 1 is 1.28 bits per heavy atom. The van der Waals surface area contributed by atoms with Crippen LogP contribution in [-0.2, 0) is 0 Å². The van der Waals surface area contributed by atoms with Gasteiger partial charge in [-0.1, -0.05) is 12.1 Å². The molecule has 4 rings (SSSR count). The molecule has 0 aromatic heterocycles. The fraction of sp³-hybridized carbons (Fsp3) is 0.571. The summed E-state index contributed by atoms with van der Waals surface area (Å²) in [5.74, 6) is 0.808. The Balaban J connectivity index is 1.79. The number of fused-ring (bicyclic) bond motifs is 3. The van der Waals surface area contributed by atoms with Crippen molar-refractivity contribution in [3.63, 3.8) is 0 Å². The highest BCUT2D eigenvalue weighted by molar-refractivity contribution is 5.30. The van der Waals surface area contributed by atoms with Crippen molar-refractivity contribution in [1.82, 2.24) is 9.80 Å². The zero-order valence-electron chi connectivity index (χ0n) is 10.7. The van der Waals surface area contributed by atoms with E-state index in [-0.39, 0.29) is 6.04 Å². The summed E-state index contributed by atoms with van der Waals surface area (Å²) in [6, 6.07) is 7.98. The molecule has 3 saturated heterocycles. The molecule has 0 saturated carbocycles. The Kier molecular flexibility index (Phi) is 3.24. The van der Waals surface area contributed by atoms with Gasteiger partial charge >= 0.3 is 0 Å². The largest absolute Gasteiger partial charge is 0.497 e. The van der Waals surface area contributed by atoms with Gasteiger partial charge in [0.05, 0.1) is 19.3 Å². The van der Waals surface area contributed by atoms with Crippen LogP contribution in [0.15, 0.2) is 24.3 Å². The second kappa shape index (κ2) is 4.88. The number of hydrogen-bond acceptors (Lipinski definition) is 4. The first-order valence-electron chi connectivity index (χ1n) is 6.56. The molecule has 1 aromatic rings. The molecule has 3 aliphatic rings. The van der Waals surface area contributed by atoms with Gasteiger partial charge < -0.3 is 9.84 Å². The fourth-order valence-electron chi connectivity index (χ4n) is 3.00. The standard InChI is InChI=1S/C14H20N2O2/c1-18-12-4-2-3-11(9-12)14(17)13-10-15-5-7-16(13)8-6-15/h2-4,9,13-14,17H,5-8,10H2,1H3. The summed E-state index contributed by atoms with van der Waals surface area (Å²) in [6.07, 6.45) is -0.428.